The molecule has 0 spiro atoms. The molecule has 0 aliphatic rings. The van der Waals surface area contributed by atoms with Crippen LogP contribution in [0, 0.1) is 0 Å². The van der Waals surface area contributed by atoms with Crippen LogP contribution in [0.5, 0.6) is 0 Å². The van der Waals surface area contributed by atoms with E-state index in [9.17, 15) is 5.11 Å². The summed E-state index contributed by atoms with van der Waals surface area (Å²) in [4.78, 5) is 0. The molecular formula is C10H18O. The highest BCUT2D eigenvalue weighted by molar-refractivity contribution is 5.10. The number of hydrogen-bond acceptors (Lipinski definition) is 1. The molecular weight excluding hydrogens is 136 g/mol. The molecule has 0 atom stereocenters. The lowest BCUT2D eigenvalue weighted by molar-refractivity contribution is 0.116. The lowest BCUT2D eigenvalue weighted by Crippen LogP contribution is -2.21. The van der Waals surface area contributed by atoms with Crippen LogP contribution in [0.25, 0.3) is 0 Å². The lowest BCUT2D eigenvalue weighted by Gasteiger charge is -2.20. The predicted molar refractivity (Wildman–Crippen MR) is 49.5 cm³/mol. The van der Waals surface area contributed by atoms with Crippen molar-refractivity contribution in [3.8, 4) is 0 Å². The Balaban J connectivity index is 3.80. The molecule has 1 N–H and O–H groups in total. The third-order valence-corrected chi connectivity index (χ3v) is 1.72. The first-order chi connectivity index (χ1) is 4.84. The zero-order valence-electron chi connectivity index (χ0n) is 7.78. The van der Waals surface area contributed by atoms with Crippen LogP contribution in [-0.4, -0.2) is 10.7 Å². The summed E-state index contributed by atoms with van der Waals surface area (Å²) in [6.07, 6.45) is 1.75. The third kappa shape index (κ3) is 4.79. The molecule has 0 saturated carbocycles. The minimum atomic E-state index is -0.741. The first-order valence-electron chi connectivity index (χ1n) is 3.89. The summed E-state index contributed by atoms with van der Waals surface area (Å²) in [7, 11) is 0. The van der Waals surface area contributed by atoms with E-state index in [2.05, 4.69) is 13.2 Å². The molecule has 0 bridgehead atoms. The fourth-order valence-corrected chi connectivity index (χ4v) is 0.670. The summed E-state index contributed by atoms with van der Waals surface area (Å²) >= 11 is 0. The Hall–Kier alpha value is -0.560. The molecule has 0 aliphatic heterocycles. The maximum Gasteiger partial charge on any atom is 0.0798 e. The van der Waals surface area contributed by atoms with Gasteiger partial charge in [0.2, 0.25) is 0 Å². The van der Waals surface area contributed by atoms with E-state index in [1.165, 1.54) is 0 Å². The number of aliphatic hydroxyl groups is 1. The van der Waals surface area contributed by atoms with Gasteiger partial charge in [-0.15, -0.1) is 6.58 Å². The fraction of sp³-hybridized carbons (Fsp3) is 0.600. The minimum absolute atomic E-state index is 0.741. The molecule has 0 fully saturated rings. The summed E-state index contributed by atoms with van der Waals surface area (Å²) in [6, 6.07) is 0. The molecule has 0 aromatic heterocycles. The monoisotopic (exact) mass is 154 g/mol. The zero-order chi connectivity index (χ0) is 9.07. The SMILES string of the molecule is C=C(C)CCC(=C)C(C)(C)O. The number of hydrogen-bond donors (Lipinski definition) is 1. The highest BCUT2D eigenvalue weighted by Crippen LogP contribution is 2.19. The Kier molecular flexibility index (Phi) is 3.53. The van der Waals surface area contributed by atoms with Gasteiger partial charge in [0.05, 0.1) is 5.60 Å². The van der Waals surface area contributed by atoms with E-state index in [1.54, 1.807) is 13.8 Å². The van der Waals surface area contributed by atoms with Gasteiger partial charge in [0.25, 0.3) is 0 Å². The van der Waals surface area contributed by atoms with E-state index in [-0.39, 0.29) is 0 Å². The van der Waals surface area contributed by atoms with Gasteiger partial charge in [-0.25, -0.2) is 0 Å². The molecule has 0 radical (unpaired) electrons. The van der Waals surface area contributed by atoms with Gasteiger partial charge >= 0.3 is 0 Å². The summed E-state index contributed by atoms with van der Waals surface area (Å²) in [5.74, 6) is 0. The fourth-order valence-electron chi connectivity index (χ4n) is 0.670. The van der Waals surface area contributed by atoms with Gasteiger partial charge in [0.1, 0.15) is 0 Å². The van der Waals surface area contributed by atoms with E-state index in [4.69, 9.17) is 0 Å². The molecule has 0 heterocycles. The molecule has 0 aliphatic carbocycles. The molecule has 1 heteroatoms. The van der Waals surface area contributed by atoms with Crippen molar-refractivity contribution >= 4 is 0 Å². The van der Waals surface area contributed by atoms with Crippen molar-refractivity contribution in [3.05, 3.63) is 24.3 Å². The Morgan fingerprint density at radius 3 is 2.00 bits per heavy atom. The van der Waals surface area contributed by atoms with Crippen molar-refractivity contribution in [2.45, 2.75) is 39.2 Å². The van der Waals surface area contributed by atoms with Crippen molar-refractivity contribution in [2.75, 3.05) is 0 Å². The first-order valence-corrected chi connectivity index (χ1v) is 3.89. The van der Waals surface area contributed by atoms with Gasteiger partial charge in [-0.2, -0.15) is 0 Å². The largest absolute Gasteiger partial charge is 0.386 e. The summed E-state index contributed by atoms with van der Waals surface area (Å²) in [6.45, 7) is 13.1. The molecule has 64 valence electrons. The van der Waals surface area contributed by atoms with Crippen LogP contribution < -0.4 is 0 Å². The summed E-state index contributed by atoms with van der Waals surface area (Å²) < 4.78 is 0. The van der Waals surface area contributed by atoms with Gasteiger partial charge in [-0.05, 0) is 39.2 Å². The maximum absolute atomic E-state index is 9.47. The van der Waals surface area contributed by atoms with E-state index in [1.807, 2.05) is 6.92 Å². The van der Waals surface area contributed by atoms with Gasteiger partial charge < -0.3 is 5.11 Å². The van der Waals surface area contributed by atoms with Gasteiger partial charge in [0, 0.05) is 0 Å². The third-order valence-electron chi connectivity index (χ3n) is 1.72. The maximum atomic E-state index is 9.47. The molecule has 0 unspecified atom stereocenters. The van der Waals surface area contributed by atoms with Crippen molar-refractivity contribution in [2.24, 2.45) is 0 Å². The molecule has 0 amide bonds. The molecule has 0 saturated heterocycles. The number of allylic oxidation sites excluding steroid dienone is 1. The highest BCUT2D eigenvalue weighted by Gasteiger charge is 2.15. The van der Waals surface area contributed by atoms with Gasteiger partial charge in [-0.3, -0.25) is 0 Å². The van der Waals surface area contributed by atoms with Crippen molar-refractivity contribution < 1.29 is 5.11 Å². The standard InChI is InChI=1S/C10H18O/c1-8(2)6-7-9(3)10(4,5)11/h11H,1,3,6-7H2,2,4-5H3. The Morgan fingerprint density at radius 2 is 1.73 bits per heavy atom. The van der Waals surface area contributed by atoms with Gasteiger partial charge in [0.15, 0.2) is 0 Å². The molecule has 1 nitrogen and oxygen atoms in total. The Labute approximate surface area is 69.4 Å². The summed E-state index contributed by atoms with van der Waals surface area (Å²) in [5, 5.41) is 9.47. The van der Waals surface area contributed by atoms with Crippen molar-refractivity contribution in [3.63, 3.8) is 0 Å². The summed E-state index contributed by atoms with van der Waals surface area (Å²) in [5.41, 5.74) is 1.27. The van der Waals surface area contributed by atoms with Crippen LogP contribution in [0.1, 0.15) is 33.6 Å². The normalized spacial score (nSPS) is 11.3. The predicted octanol–water partition coefficient (Wildman–Crippen LogP) is 2.67. The molecule has 11 heavy (non-hydrogen) atoms. The topological polar surface area (TPSA) is 20.2 Å². The van der Waals surface area contributed by atoms with Crippen LogP contribution in [0.15, 0.2) is 24.3 Å². The van der Waals surface area contributed by atoms with Gasteiger partial charge in [-0.1, -0.05) is 12.2 Å². The average molecular weight is 154 g/mol. The second-order valence-corrected chi connectivity index (χ2v) is 3.62. The average Bonchev–Trinajstić information content (AvgIpc) is 1.80. The van der Waals surface area contributed by atoms with E-state index < -0.39 is 5.60 Å². The quantitative estimate of drug-likeness (QED) is 0.617. The Morgan fingerprint density at radius 1 is 1.27 bits per heavy atom. The van der Waals surface area contributed by atoms with Crippen LogP contribution in [0.3, 0.4) is 0 Å². The van der Waals surface area contributed by atoms with Crippen molar-refractivity contribution in [1.82, 2.24) is 0 Å². The second kappa shape index (κ2) is 3.72. The minimum Gasteiger partial charge on any atom is -0.386 e. The van der Waals surface area contributed by atoms with Crippen LogP contribution in [0.2, 0.25) is 0 Å². The van der Waals surface area contributed by atoms with Crippen LogP contribution >= 0.6 is 0 Å². The zero-order valence-corrected chi connectivity index (χ0v) is 7.78. The smallest absolute Gasteiger partial charge is 0.0798 e. The van der Waals surface area contributed by atoms with E-state index in [0.717, 1.165) is 24.0 Å². The van der Waals surface area contributed by atoms with Crippen LogP contribution in [0.4, 0.5) is 0 Å². The van der Waals surface area contributed by atoms with Crippen molar-refractivity contribution in [1.29, 1.82) is 0 Å². The molecule has 0 aromatic carbocycles. The van der Waals surface area contributed by atoms with E-state index in [0.29, 0.717) is 0 Å². The highest BCUT2D eigenvalue weighted by atomic mass is 16.3. The molecule has 0 rings (SSSR count). The lowest BCUT2D eigenvalue weighted by atomic mass is 9.94. The van der Waals surface area contributed by atoms with Crippen LogP contribution in [-0.2, 0) is 0 Å². The molecule has 0 aromatic rings. The second-order valence-electron chi connectivity index (χ2n) is 3.62. The first kappa shape index (κ1) is 10.4. The van der Waals surface area contributed by atoms with E-state index >= 15 is 0 Å². The Bertz CT molecular complexity index is 160. The number of rotatable bonds is 4.